The molecule has 3 aromatic heterocycles. The van der Waals surface area contributed by atoms with Crippen molar-refractivity contribution in [3.63, 3.8) is 0 Å². The van der Waals surface area contributed by atoms with Crippen LogP contribution in [0.2, 0.25) is 0 Å². The molecule has 0 bridgehead atoms. The molecule has 0 N–H and O–H groups in total. The Morgan fingerprint density at radius 2 is 1.73 bits per heavy atom. The van der Waals surface area contributed by atoms with Crippen LogP contribution >= 0.6 is 11.8 Å². The van der Waals surface area contributed by atoms with Crippen molar-refractivity contribution in [3.8, 4) is 11.5 Å². The van der Waals surface area contributed by atoms with E-state index in [1.54, 1.807) is 4.57 Å². The maximum Gasteiger partial charge on any atom is 0.277 e. The summed E-state index contributed by atoms with van der Waals surface area (Å²) in [7, 11) is 0. The van der Waals surface area contributed by atoms with Crippen LogP contribution < -0.4 is 5.56 Å². The molecule has 0 unspecified atom stereocenters. The minimum absolute atomic E-state index is 0.0637. The number of para-hydroxylation sites is 1. The summed E-state index contributed by atoms with van der Waals surface area (Å²) >= 11 is 1.39. The molecule has 3 heterocycles. The lowest BCUT2D eigenvalue weighted by Gasteiger charge is -2.18. The Bertz CT molecular complexity index is 1510. The maximum atomic E-state index is 12.8. The highest BCUT2D eigenvalue weighted by Crippen LogP contribution is 2.28. The summed E-state index contributed by atoms with van der Waals surface area (Å²) in [5, 5.41) is 18.1. The van der Waals surface area contributed by atoms with E-state index in [0.717, 1.165) is 11.1 Å². The number of aromatic nitrogens is 6. The number of nitrogens with zero attached hydrogens (tertiary/aromatic N) is 6. The Morgan fingerprint density at radius 3 is 2.45 bits per heavy atom. The molecule has 33 heavy (non-hydrogen) atoms. The molecule has 168 valence electrons. The molecule has 0 aliphatic carbocycles. The molecule has 0 aliphatic heterocycles. The minimum atomic E-state index is -0.0637. The molecular formula is C24H24N6O2S. The fourth-order valence-electron chi connectivity index (χ4n) is 3.82. The van der Waals surface area contributed by atoms with Crippen molar-refractivity contribution in [1.82, 2.24) is 29.4 Å². The lowest BCUT2D eigenvalue weighted by Crippen LogP contribution is -2.22. The number of aryl methyl sites for hydroxylation is 1. The second-order valence-corrected chi connectivity index (χ2v) is 9.73. The molecule has 0 atom stereocenters. The van der Waals surface area contributed by atoms with E-state index >= 15 is 0 Å². The Kier molecular flexibility index (Phi) is 5.28. The number of thioether (sulfide) groups is 1. The highest BCUT2D eigenvalue weighted by atomic mass is 32.2. The van der Waals surface area contributed by atoms with Gasteiger partial charge in [0.25, 0.3) is 10.8 Å². The van der Waals surface area contributed by atoms with Crippen LogP contribution in [0.5, 0.6) is 0 Å². The Balaban J connectivity index is 1.43. The fraction of sp³-hybridized carbons (Fsp3) is 0.292. The average molecular weight is 461 g/mol. The molecule has 0 saturated heterocycles. The first-order chi connectivity index (χ1) is 15.9. The summed E-state index contributed by atoms with van der Waals surface area (Å²) in [6.45, 7) is 8.98. The summed E-state index contributed by atoms with van der Waals surface area (Å²) in [5.41, 5.74) is 2.94. The van der Waals surface area contributed by atoms with Crippen molar-refractivity contribution in [2.45, 2.75) is 50.6 Å². The predicted molar refractivity (Wildman–Crippen MR) is 128 cm³/mol. The van der Waals surface area contributed by atoms with Gasteiger partial charge in [0.2, 0.25) is 11.7 Å². The van der Waals surface area contributed by atoms with E-state index in [0.29, 0.717) is 40.4 Å². The average Bonchev–Trinajstić information content (AvgIpc) is 3.45. The third-order valence-corrected chi connectivity index (χ3v) is 6.43. The lowest BCUT2D eigenvalue weighted by atomic mass is 9.87. The lowest BCUT2D eigenvalue weighted by molar-refractivity contribution is 0.465. The second kappa shape index (κ2) is 8.15. The Morgan fingerprint density at radius 1 is 0.970 bits per heavy atom. The molecule has 5 aromatic rings. The van der Waals surface area contributed by atoms with Gasteiger partial charge in [-0.2, -0.15) is 0 Å². The van der Waals surface area contributed by atoms with Crippen molar-refractivity contribution < 1.29 is 4.42 Å². The SMILES string of the molecule is CCn1c(=O)c2ccccc2n2c(CSc3nnc(-c4ccc(C(C)(C)C)cc4)o3)nnc12. The van der Waals surface area contributed by atoms with Crippen LogP contribution in [0, 0.1) is 0 Å². The van der Waals surface area contributed by atoms with E-state index in [2.05, 4.69) is 53.3 Å². The third-order valence-electron chi connectivity index (χ3n) is 5.62. The van der Waals surface area contributed by atoms with Crippen molar-refractivity contribution in [3.05, 3.63) is 70.3 Å². The zero-order valence-electron chi connectivity index (χ0n) is 18.9. The topological polar surface area (TPSA) is 91.1 Å². The number of hydrogen-bond donors (Lipinski definition) is 0. The van der Waals surface area contributed by atoms with Crippen LogP contribution in [-0.2, 0) is 17.7 Å². The second-order valence-electron chi connectivity index (χ2n) is 8.81. The molecule has 8 nitrogen and oxygen atoms in total. The van der Waals surface area contributed by atoms with Gasteiger partial charge in [0.1, 0.15) is 5.82 Å². The Labute approximate surface area is 194 Å². The van der Waals surface area contributed by atoms with Gasteiger partial charge in [-0.05, 0) is 42.2 Å². The van der Waals surface area contributed by atoms with Gasteiger partial charge in [-0.1, -0.05) is 56.8 Å². The highest BCUT2D eigenvalue weighted by molar-refractivity contribution is 7.98. The molecule has 0 saturated carbocycles. The molecule has 0 fully saturated rings. The van der Waals surface area contributed by atoms with Gasteiger partial charge in [-0.3, -0.25) is 13.8 Å². The van der Waals surface area contributed by atoms with Crippen LogP contribution in [0.1, 0.15) is 39.1 Å². The normalized spacial score (nSPS) is 12.1. The van der Waals surface area contributed by atoms with E-state index in [9.17, 15) is 4.79 Å². The maximum absolute atomic E-state index is 12.8. The molecule has 0 spiro atoms. The van der Waals surface area contributed by atoms with Crippen molar-refractivity contribution in [2.75, 3.05) is 0 Å². The molecule has 0 radical (unpaired) electrons. The third kappa shape index (κ3) is 3.82. The summed E-state index contributed by atoms with van der Waals surface area (Å²) < 4.78 is 9.45. The number of rotatable bonds is 5. The number of hydrogen-bond acceptors (Lipinski definition) is 7. The Hall–Kier alpha value is -3.46. The van der Waals surface area contributed by atoms with Crippen LogP contribution in [-0.4, -0.2) is 29.4 Å². The number of fused-ring (bicyclic) bond motifs is 3. The summed E-state index contributed by atoms with van der Waals surface area (Å²) in [6.07, 6.45) is 0. The summed E-state index contributed by atoms with van der Waals surface area (Å²) in [6, 6.07) is 15.7. The predicted octanol–water partition coefficient (Wildman–Crippen LogP) is 4.70. The molecule has 9 heteroatoms. The van der Waals surface area contributed by atoms with Gasteiger partial charge >= 0.3 is 0 Å². The summed E-state index contributed by atoms with van der Waals surface area (Å²) in [4.78, 5) is 12.8. The van der Waals surface area contributed by atoms with E-state index in [1.165, 1.54) is 17.3 Å². The van der Waals surface area contributed by atoms with Crippen LogP contribution in [0.4, 0.5) is 0 Å². The molecular weight excluding hydrogens is 436 g/mol. The van der Waals surface area contributed by atoms with Crippen molar-refractivity contribution >= 4 is 28.4 Å². The first-order valence-corrected chi connectivity index (χ1v) is 11.8. The first kappa shape index (κ1) is 21.4. The van der Waals surface area contributed by atoms with Gasteiger partial charge in [0.15, 0.2) is 0 Å². The molecule has 0 aliphatic rings. The van der Waals surface area contributed by atoms with Gasteiger partial charge in [0.05, 0.1) is 16.7 Å². The van der Waals surface area contributed by atoms with Gasteiger partial charge < -0.3 is 4.42 Å². The fourth-order valence-corrected chi connectivity index (χ4v) is 4.49. The van der Waals surface area contributed by atoms with Crippen molar-refractivity contribution in [2.24, 2.45) is 0 Å². The van der Waals surface area contributed by atoms with Gasteiger partial charge in [-0.25, -0.2) is 0 Å². The highest BCUT2D eigenvalue weighted by Gasteiger charge is 2.18. The molecule has 0 amide bonds. The van der Waals surface area contributed by atoms with Crippen LogP contribution in [0.15, 0.2) is 63.0 Å². The molecule has 2 aromatic carbocycles. The number of benzene rings is 2. The zero-order chi connectivity index (χ0) is 23.2. The standard InChI is InChI=1S/C24H24N6O2S/c1-5-29-21(31)17-8-6-7-9-18(17)30-19(25-27-22(29)30)14-33-23-28-26-20(32-23)15-10-12-16(13-11-15)24(2,3)4/h6-13H,5,14H2,1-4H3. The zero-order valence-corrected chi connectivity index (χ0v) is 19.8. The van der Waals surface area contributed by atoms with E-state index in [-0.39, 0.29) is 11.0 Å². The molecule has 5 rings (SSSR count). The van der Waals surface area contributed by atoms with Gasteiger partial charge in [0, 0.05) is 12.1 Å². The van der Waals surface area contributed by atoms with E-state index < -0.39 is 0 Å². The first-order valence-electron chi connectivity index (χ1n) is 10.8. The van der Waals surface area contributed by atoms with Crippen LogP contribution in [0.25, 0.3) is 28.1 Å². The minimum Gasteiger partial charge on any atom is -0.411 e. The summed E-state index contributed by atoms with van der Waals surface area (Å²) in [5.74, 6) is 2.19. The van der Waals surface area contributed by atoms with Gasteiger partial charge in [-0.15, -0.1) is 20.4 Å². The van der Waals surface area contributed by atoms with Crippen molar-refractivity contribution in [1.29, 1.82) is 0 Å². The largest absolute Gasteiger partial charge is 0.411 e. The monoisotopic (exact) mass is 460 g/mol. The quantitative estimate of drug-likeness (QED) is 0.351. The van der Waals surface area contributed by atoms with Crippen LogP contribution in [0.3, 0.4) is 0 Å². The van der Waals surface area contributed by atoms with E-state index in [4.69, 9.17) is 4.42 Å². The smallest absolute Gasteiger partial charge is 0.277 e. The van der Waals surface area contributed by atoms with E-state index in [1.807, 2.05) is 47.7 Å².